The van der Waals surface area contributed by atoms with Crippen molar-refractivity contribution in [1.29, 1.82) is 0 Å². The molecule has 0 saturated carbocycles. The maximum atomic E-state index is 10.2. The number of methoxy groups -OCH3 is 4. The molecule has 2 aromatic carbocycles. The van der Waals surface area contributed by atoms with Gasteiger partial charge in [-0.2, -0.15) is 0 Å². The monoisotopic (exact) mass is 510 g/mol. The third-order valence-electron chi connectivity index (χ3n) is 6.12. The molecule has 1 aliphatic heterocycles. The van der Waals surface area contributed by atoms with Crippen LogP contribution in [-0.2, 0) is 17.6 Å². The highest BCUT2D eigenvalue weighted by atomic mass is 16.7. The third-order valence-corrected chi connectivity index (χ3v) is 6.12. The lowest BCUT2D eigenvalue weighted by Crippen LogP contribution is -2.60. The maximum absolute atomic E-state index is 10.2. The number of hydrogen-bond donors (Lipinski definition) is 5. The van der Waals surface area contributed by atoms with Gasteiger partial charge in [-0.3, -0.25) is 0 Å². The number of aryl methyl sites for hydroxylation is 1. The van der Waals surface area contributed by atoms with Crippen molar-refractivity contribution in [3.63, 3.8) is 0 Å². The van der Waals surface area contributed by atoms with E-state index in [1.165, 1.54) is 34.5 Å². The number of aliphatic hydroxyl groups excluding tert-OH is 4. The van der Waals surface area contributed by atoms with E-state index in [1.54, 1.807) is 12.1 Å². The van der Waals surface area contributed by atoms with Crippen LogP contribution in [0.4, 0.5) is 0 Å². The van der Waals surface area contributed by atoms with Gasteiger partial charge in [0, 0.05) is 11.6 Å². The summed E-state index contributed by atoms with van der Waals surface area (Å²) in [6.45, 7) is -0.552. The van der Waals surface area contributed by atoms with Crippen LogP contribution >= 0.6 is 0 Å². The molecule has 0 aromatic heterocycles. The second kappa shape index (κ2) is 12.3. The van der Waals surface area contributed by atoms with Crippen molar-refractivity contribution >= 4 is 0 Å². The Morgan fingerprint density at radius 1 is 0.778 bits per heavy atom. The molecule has 3 rings (SSSR count). The minimum atomic E-state index is -1.54. The zero-order chi connectivity index (χ0) is 26.4. The van der Waals surface area contributed by atoms with Crippen molar-refractivity contribution in [3.8, 4) is 34.5 Å². The molecule has 0 spiro atoms. The predicted octanol–water partition coefficient (Wildman–Crippen LogP) is 0.781. The van der Waals surface area contributed by atoms with Crippen LogP contribution < -0.4 is 23.7 Å². The summed E-state index contributed by atoms with van der Waals surface area (Å²) in [5.74, 6) is 1.71. The molecule has 1 heterocycles. The van der Waals surface area contributed by atoms with Crippen molar-refractivity contribution in [2.45, 2.75) is 50.0 Å². The van der Waals surface area contributed by atoms with Crippen LogP contribution in [0.3, 0.4) is 0 Å². The van der Waals surface area contributed by atoms with E-state index in [-0.39, 0.29) is 17.2 Å². The van der Waals surface area contributed by atoms with Gasteiger partial charge >= 0.3 is 0 Å². The Morgan fingerprint density at radius 2 is 1.47 bits per heavy atom. The Bertz CT molecular complexity index is 1010. The van der Waals surface area contributed by atoms with E-state index in [9.17, 15) is 25.5 Å². The molecular weight excluding hydrogens is 476 g/mol. The molecule has 200 valence electrons. The van der Waals surface area contributed by atoms with Crippen LogP contribution in [0.1, 0.15) is 17.5 Å². The van der Waals surface area contributed by atoms with E-state index in [0.717, 1.165) is 11.1 Å². The van der Waals surface area contributed by atoms with E-state index >= 15 is 0 Å². The summed E-state index contributed by atoms with van der Waals surface area (Å²) in [7, 11) is 5.94. The summed E-state index contributed by atoms with van der Waals surface area (Å²) in [4.78, 5) is 0. The van der Waals surface area contributed by atoms with E-state index in [4.69, 9.17) is 28.4 Å². The lowest BCUT2D eigenvalue weighted by molar-refractivity contribution is -0.277. The van der Waals surface area contributed by atoms with E-state index in [1.807, 2.05) is 6.07 Å². The lowest BCUT2D eigenvalue weighted by atomic mass is 9.99. The first-order valence-corrected chi connectivity index (χ1v) is 11.4. The van der Waals surface area contributed by atoms with Gasteiger partial charge in [-0.1, -0.05) is 6.07 Å². The molecule has 36 heavy (non-hydrogen) atoms. The summed E-state index contributed by atoms with van der Waals surface area (Å²) in [6, 6.07) is 6.75. The summed E-state index contributed by atoms with van der Waals surface area (Å²) in [5.41, 5.74) is 1.71. The topological polar surface area (TPSA) is 157 Å². The SMILES string of the molecule is COc1cc(CCCc2c(OC)cc(O)c(OC)c2OC)ccc1O[C@@H]1O[C@H](CO)[C@@H](O)[C@H](O)[C@H]1O. The summed E-state index contributed by atoms with van der Waals surface area (Å²) in [5, 5.41) is 49.7. The van der Waals surface area contributed by atoms with Crippen molar-refractivity contribution in [2.75, 3.05) is 35.0 Å². The molecule has 1 fully saturated rings. The van der Waals surface area contributed by atoms with Crippen LogP contribution in [0.15, 0.2) is 24.3 Å². The van der Waals surface area contributed by atoms with Gasteiger partial charge in [-0.15, -0.1) is 0 Å². The Labute approximate surface area is 209 Å². The molecule has 11 heteroatoms. The van der Waals surface area contributed by atoms with Gasteiger partial charge in [0.1, 0.15) is 30.2 Å². The van der Waals surface area contributed by atoms with Crippen molar-refractivity contribution in [2.24, 2.45) is 0 Å². The molecule has 1 aliphatic rings. The standard InChI is InChI=1S/C25H34O11/c1-31-17-11-15(27)24(34-4)23(33-3)14(17)7-5-6-13-8-9-16(18(10-13)32-2)35-25-22(30)21(29)20(28)19(12-26)36-25/h8-11,19-22,25-30H,5-7,12H2,1-4H3/t19-,20-,21+,22-,25-/m1/s1. The average Bonchev–Trinajstić information content (AvgIpc) is 2.89. The molecule has 1 saturated heterocycles. The molecule has 5 atom stereocenters. The highest BCUT2D eigenvalue weighted by Gasteiger charge is 2.45. The fourth-order valence-corrected chi connectivity index (χ4v) is 4.20. The molecule has 0 amide bonds. The van der Waals surface area contributed by atoms with Crippen LogP contribution in [0.5, 0.6) is 34.5 Å². The Kier molecular flexibility index (Phi) is 9.46. The number of aromatic hydroxyl groups is 1. The minimum Gasteiger partial charge on any atom is -0.504 e. The molecule has 0 radical (unpaired) electrons. The second-order valence-electron chi connectivity index (χ2n) is 8.30. The predicted molar refractivity (Wildman–Crippen MR) is 127 cm³/mol. The van der Waals surface area contributed by atoms with E-state index in [0.29, 0.717) is 36.5 Å². The largest absolute Gasteiger partial charge is 0.504 e. The number of ether oxygens (including phenoxy) is 6. The number of hydrogen-bond acceptors (Lipinski definition) is 11. The smallest absolute Gasteiger partial charge is 0.229 e. The van der Waals surface area contributed by atoms with E-state index in [2.05, 4.69) is 0 Å². The van der Waals surface area contributed by atoms with Crippen molar-refractivity contribution < 1.29 is 54.0 Å². The molecule has 2 aromatic rings. The maximum Gasteiger partial charge on any atom is 0.229 e. The lowest BCUT2D eigenvalue weighted by Gasteiger charge is -2.39. The van der Waals surface area contributed by atoms with Crippen LogP contribution in [0.25, 0.3) is 0 Å². The fraction of sp³-hybridized carbons (Fsp3) is 0.520. The Morgan fingerprint density at radius 3 is 2.08 bits per heavy atom. The quantitative estimate of drug-likeness (QED) is 0.291. The number of phenolic OH excluding ortho intramolecular Hbond substituents is 1. The summed E-state index contributed by atoms with van der Waals surface area (Å²) in [6.07, 6.45) is -4.99. The summed E-state index contributed by atoms with van der Waals surface area (Å²) < 4.78 is 32.7. The average molecular weight is 511 g/mol. The molecule has 11 nitrogen and oxygen atoms in total. The fourth-order valence-electron chi connectivity index (χ4n) is 4.20. The number of rotatable bonds is 11. The molecule has 0 unspecified atom stereocenters. The number of aliphatic hydroxyl groups is 4. The van der Waals surface area contributed by atoms with Crippen LogP contribution in [-0.4, -0.2) is 91.3 Å². The molecule has 0 bridgehead atoms. The minimum absolute atomic E-state index is 0.0744. The van der Waals surface area contributed by atoms with Crippen molar-refractivity contribution in [1.82, 2.24) is 0 Å². The first kappa shape index (κ1) is 27.6. The van der Waals surface area contributed by atoms with Crippen LogP contribution in [0.2, 0.25) is 0 Å². The van der Waals surface area contributed by atoms with Crippen molar-refractivity contribution in [3.05, 3.63) is 35.4 Å². The van der Waals surface area contributed by atoms with Crippen LogP contribution in [0, 0.1) is 0 Å². The number of benzene rings is 2. The molecule has 5 N–H and O–H groups in total. The normalized spacial score (nSPS) is 23.7. The third kappa shape index (κ3) is 5.71. The Hall–Kier alpha value is -2.96. The van der Waals surface area contributed by atoms with Gasteiger partial charge in [-0.25, -0.2) is 0 Å². The second-order valence-corrected chi connectivity index (χ2v) is 8.30. The van der Waals surface area contributed by atoms with Gasteiger partial charge < -0.3 is 54.0 Å². The molecule has 0 aliphatic carbocycles. The first-order valence-electron chi connectivity index (χ1n) is 11.4. The van der Waals surface area contributed by atoms with Gasteiger partial charge in [0.05, 0.1) is 35.0 Å². The molecular formula is C25H34O11. The summed E-state index contributed by atoms with van der Waals surface area (Å²) >= 11 is 0. The highest BCUT2D eigenvalue weighted by Crippen LogP contribution is 2.45. The zero-order valence-electron chi connectivity index (χ0n) is 20.7. The van der Waals surface area contributed by atoms with E-state index < -0.39 is 37.3 Å². The highest BCUT2D eigenvalue weighted by molar-refractivity contribution is 5.61. The first-order chi connectivity index (χ1) is 17.3. The van der Waals surface area contributed by atoms with Gasteiger partial charge in [-0.05, 0) is 37.0 Å². The zero-order valence-corrected chi connectivity index (χ0v) is 20.7. The Balaban J connectivity index is 1.72. The number of phenols is 1. The van der Waals surface area contributed by atoms with Gasteiger partial charge in [0.25, 0.3) is 0 Å². The van der Waals surface area contributed by atoms with Gasteiger partial charge in [0.15, 0.2) is 23.0 Å². The van der Waals surface area contributed by atoms with Gasteiger partial charge in [0.2, 0.25) is 12.0 Å².